The number of anilines is 2. The van der Waals surface area contributed by atoms with Gasteiger partial charge < -0.3 is 5.32 Å². The molecule has 0 aliphatic carbocycles. The molecule has 2 aromatic carbocycles. The Kier molecular flexibility index (Phi) is 6.41. The number of benzene rings is 2. The summed E-state index contributed by atoms with van der Waals surface area (Å²) < 4.78 is 39.8. The fourth-order valence-electron chi connectivity index (χ4n) is 2.60. The molecule has 26 heavy (non-hydrogen) atoms. The summed E-state index contributed by atoms with van der Waals surface area (Å²) in [6.07, 6.45) is 1.28. The largest absolute Gasteiger partial charge is 0.324 e. The van der Waals surface area contributed by atoms with E-state index < -0.39 is 27.8 Å². The van der Waals surface area contributed by atoms with Crippen molar-refractivity contribution in [3.63, 3.8) is 0 Å². The standard InChI is InChI=1S/C18H20BrFN2O3S/c1-4-17(18(23)21-14-7-10-16(19)12(2)11-14)22(26(3,24)25)15-8-5-13(20)6-9-15/h5-11,17H,4H2,1-3H3,(H,21,23). The fourth-order valence-corrected chi connectivity index (χ4v) is 4.05. The highest BCUT2D eigenvalue weighted by atomic mass is 79.9. The van der Waals surface area contributed by atoms with Gasteiger partial charge in [0.2, 0.25) is 15.9 Å². The average molecular weight is 443 g/mol. The number of halogens is 2. The zero-order valence-corrected chi connectivity index (χ0v) is 17.1. The molecular formula is C18H20BrFN2O3S. The van der Waals surface area contributed by atoms with E-state index in [1.54, 1.807) is 25.1 Å². The number of aryl methyl sites for hydroxylation is 1. The minimum Gasteiger partial charge on any atom is -0.324 e. The monoisotopic (exact) mass is 442 g/mol. The van der Waals surface area contributed by atoms with E-state index >= 15 is 0 Å². The summed E-state index contributed by atoms with van der Waals surface area (Å²) in [7, 11) is -3.75. The van der Waals surface area contributed by atoms with Gasteiger partial charge >= 0.3 is 0 Å². The molecule has 0 bridgehead atoms. The second-order valence-electron chi connectivity index (χ2n) is 5.91. The first kappa shape index (κ1) is 20.4. The Morgan fingerprint density at radius 2 is 1.85 bits per heavy atom. The van der Waals surface area contributed by atoms with Gasteiger partial charge in [-0.3, -0.25) is 9.10 Å². The van der Waals surface area contributed by atoms with Gasteiger partial charge in [-0.2, -0.15) is 0 Å². The van der Waals surface area contributed by atoms with Crippen LogP contribution in [0, 0.1) is 12.7 Å². The first-order valence-electron chi connectivity index (χ1n) is 7.95. The van der Waals surface area contributed by atoms with Crippen LogP contribution in [0.3, 0.4) is 0 Å². The van der Waals surface area contributed by atoms with Crippen LogP contribution in [0.15, 0.2) is 46.9 Å². The Bertz CT molecular complexity index is 901. The number of carbonyl (C=O) groups is 1. The van der Waals surface area contributed by atoms with E-state index in [2.05, 4.69) is 21.2 Å². The molecule has 1 atom stereocenters. The van der Waals surface area contributed by atoms with E-state index in [-0.39, 0.29) is 12.1 Å². The molecule has 1 N–H and O–H groups in total. The molecule has 0 fully saturated rings. The van der Waals surface area contributed by atoms with Crippen molar-refractivity contribution in [2.24, 2.45) is 0 Å². The molecule has 0 radical (unpaired) electrons. The van der Waals surface area contributed by atoms with Crippen LogP contribution in [-0.4, -0.2) is 26.6 Å². The predicted octanol–water partition coefficient (Wildman–Crippen LogP) is 4.08. The quantitative estimate of drug-likeness (QED) is 0.732. The third kappa shape index (κ3) is 4.82. The highest BCUT2D eigenvalue weighted by Crippen LogP contribution is 2.25. The zero-order chi connectivity index (χ0) is 19.5. The molecule has 140 valence electrons. The molecule has 1 unspecified atom stereocenters. The van der Waals surface area contributed by atoms with Crippen molar-refractivity contribution in [2.45, 2.75) is 26.3 Å². The average Bonchev–Trinajstić information content (AvgIpc) is 2.56. The summed E-state index contributed by atoms with van der Waals surface area (Å²) in [6.45, 7) is 3.61. The number of nitrogens with one attached hydrogen (secondary N) is 1. The summed E-state index contributed by atoms with van der Waals surface area (Å²) in [5.74, 6) is -0.936. The molecule has 2 aromatic rings. The normalized spacial score (nSPS) is 12.5. The van der Waals surface area contributed by atoms with Crippen LogP contribution in [0.5, 0.6) is 0 Å². The summed E-state index contributed by atoms with van der Waals surface area (Å²) in [4.78, 5) is 12.8. The number of carbonyl (C=O) groups excluding carboxylic acids is 1. The van der Waals surface area contributed by atoms with Gasteiger partial charge in [0.05, 0.1) is 11.9 Å². The van der Waals surface area contributed by atoms with Crippen LogP contribution in [0.4, 0.5) is 15.8 Å². The maximum absolute atomic E-state index is 13.2. The van der Waals surface area contributed by atoms with Crippen molar-refractivity contribution in [3.05, 3.63) is 58.3 Å². The third-order valence-corrected chi connectivity index (χ3v) is 5.91. The molecular weight excluding hydrogens is 423 g/mol. The van der Waals surface area contributed by atoms with Crippen molar-refractivity contribution < 1.29 is 17.6 Å². The lowest BCUT2D eigenvalue weighted by atomic mass is 10.1. The van der Waals surface area contributed by atoms with E-state index in [1.807, 2.05) is 6.92 Å². The molecule has 1 amide bonds. The maximum atomic E-state index is 13.2. The van der Waals surface area contributed by atoms with Crippen molar-refractivity contribution in [2.75, 3.05) is 15.9 Å². The Hall–Kier alpha value is -1.93. The van der Waals surface area contributed by atoms with Gasteiger partial charge in [0.1, 0.15) is 11.9 Å². The summed E-state index contributed by atoms with van der Waals surface area (Å²) >= 11 is 3.39. The lowest BCUT2D eigenvalue weighted by Crippen LogP contribution is -2.47. The number of sulfonamides is 1. The van der Waals surface area contributed by atoms with Gasteiger partial charge in [0.15, 0.2) is 0 Å². The molecule has 0 heterocycles. The molecule has 2 rings (SSSR count). The molecule has 8 heteroatoms. The zero-order valence-electron chi connectivity index (χ0n) is 14.7. The summed E-state index contributed by atoms with van der Waals surface area (Å²) in [5.41, 5.74) is 1.75. The highest BCUT2D eigenvalue weighted by molar-refractivity contribution is 9.10. The fraction of sp³-hybridized carbons (Fsp3) is 0.278. The molecule has 0 aromatic heterocycles. The minimum atomic E-state index is -3.75. The Balaban J connectivity index is 2.36. The Morgan fingerprint density at radius 3 is 2.35 bits per heavy atom. The first-order valence-corrected chi connectivity index (χ1v) is 10.6. The minimum absolute atomic E-state index is 0.239. The second-order valence-corrected chi connectivity index (χ2v) is 8.63. The predicted molar refractivity (Wildman–Crippen MR) is 105 cm³/mol. The molecule has 0 aliphatic rings. The number of amides is 1. The van der Waals surface area contributed by atoms with E-state index in [4.69, 9.17) is 0 Å². The van der Waals surface area contributed by atoms with Crippen LogP contribution in [0.2, 0.25) is 0 Å². The number of nitrogens with zero attached hydrogens (tertiary/aromatic N) is 1. The van der Waals surface area contributed by atoms with Crippen molar-refractivity contribution in [1.29, 1.82) is 0 Å². The Morgan fingerprint density at radius 1 is 1.23 bits per heavy atom. The topological polar surface area (TPSA) is 66.5 Å². The van der Waals surface area contributed by atoms with Crippen LogP contribution in [-0.2, 0) is 14.8 Å². The van der Waals surface area contributed by atoms with Gasteiger partial charge in [0, 0.05) is 10.2 Å². The van der Waals surface area contributed by atoms with Crippen molar-refractivity contribution in [1.82, 2.24) is 0 Å². The summed E-state index contributed by atoms with van der Waals surface area (Å²) in [6, 6.07) is 9.38. The van der Waals surface area contributed by atoms with E-state index in [0.717, 1.165) is 32.7 Å². The van der Waals surface area contributed by atoms with E-state index in [9.17, 15) is 17.6 Å². The first-order chi connectivity index (χ1) is 12.1. The van der Waals surface area contributed by atoms with Gasteiger partial charge in [-0.1, -0.05) is 22.9 Å². The molecule has 0 aliphatic heterocycles. The number of hydrogen-bond acceptors (Lipinski definition) is 3. The lowest BCUT2D eigenvalue weighted by molar-refractivity contribution is -0.117. The molecule has 0 spiro atoms. The number of rotatable bonds is 6. The lowest BCUT2D eigenvalue weighted by Gasteiger charge is -2.30. The van der Waals surface area contributed by atoms with Crippen molar-refractivity contribution in [3.8, 4) is 0 Å². The van der Waals surface area contributed by atoms with Gasteiger partial charge in [-0.05, 0) is 61.4 Å². The highest BCUT2D eigenvalue weighted by Gasteiger charge is 2.31. The SMILES string of the molecule is CCC(C(=O)Nc1ccc(Br)c(C)c1)N(c1ccc(F)cc1)S(C)(=O)=O. The van der Waals surface area contributed by atoms with E-state index in [1.165, 1.54) is 12.1 Å². The van der Waals surface area contributed by atoms with Gasteiger partial charge in [0.25, 0.3) is 0 Å². The molecule has 5 nitrogen and oxygen atoms in total. The molecule has 0 saturated heterocycles. The van der Waals surface area contributed by atoms with Crippen molar-refractivity contribution >= 4 is 43.2 Å². The van der Waals surface area contributed by atoms with Crippen LogP contribution >= 0.6 is 15.9 Å². The maximum Gasteiger partial charge on any atom is 0.248 e. The summed E-state index contributed by atoms with van der Waals surface area (Å²) in [5, 5.41) is 2.75. The van der Waals surface area contributed by atoms with Crippen LogP contribution in [0.25, 0.3) is 0 Å². The third-order valence-electron chi connectivity index (χ3n) is 3.84. The van der Waals surface area contributed by atoms with Gasteiger partial charge in [-0.15, -0.1) is 0 Å². The number of hydrogen-bond donors (Lipinski definition) is 1. The Labute approximate surface area is 161 Å². The van der Waals surface area contributed by atoms with Crippen LogP contribution in [0.1, 0.15) is 18.9 Å². The molecule has 0 saturated carbocycles. The van der Waals surface area contributed by atoms with Gasteiger partial charge in [-0.25, -0.2) is 12.8 Å². The van der Waals surface area contributed by atoms with E-state index in [0.29, 0.717) is 5.69 Å². The smallest absolute Gasteiger partial charge is 0.248 e. The van der Waals surface area contributed by atoms with Crippen LogP contribution < -0.4 is 9.62 Å². The second kappa shape index (κ2) is 8.18.